The van der Waals surface area contributed by atoms with Crippen molar-refractivity contribution >= 4 is 22.4 Å². The van der Waals surface area contributed by atoms with Gasteiger partial charge in [0, 0.05) is 13.1 Å². The number of nitrogens with zero attached hydrogens (tertiary/aromatic N) is 2. The molecule has 2 aromatic rings. The molecule has 5 nitrogen and oxygen atoms in total. The predicted molar refractivity (Wildman–Crippen MR) is 78.0 cm³/mol. The molecule has 0 saturated carbocycles. The fraction of sp³-hybridized carbons (Fsp3) is 0.308. The summed E-state index contributed by atoms with van der Waals surface area (Å²) in [5, 5.41) is 3.13. The number of anilines is 2. The molecule has 19 heavy (non-hydrogen) atoms. The SMILES string of the molecule is Nc1nsc(NN2CCOCC2)c1-c1ccccc1. The molecule has 0 radical (unpaired) electrons. The van der Waals surface area contributed by atoms with E-state index < -0.39 is 0 Å². The number of aromatic nitrogens is 1. The average Bonchev–Trinajstić information content (AvgIpc) is 2.82. The molecule has 1 fully saturated rings. The van der Waals surface area contributed by atoms with Gasteiger partial charge in [-0.2, -0.15) is 4.37 Å². The van der Waals surface area contributed by atoms with Crippen molar-refractivity contribution in [3.63, 3.8) is 0 Å². The van der Waals surface area contributed by atoms with Crippen LogP contribution in [0.2, 0.25) is 0 Å². The van der Waals surface area contributed by atoms with E-state index >= 15 is 0 Å². The Kier molecular flexibility index (Phi) is 3.63. The minimum absolute atomic E-state index is 0.576. The summed E-state index contributed by atoms with van der Waals surface area (Å²) in [7, 11) is 0. The molecule has 6 heteroatoms. The molecule has 100 valence electrons. The molecule has 1 saturated heterocycles. The zero-order chi connectivity index (χ0) is 13.1. The fourth-order valence-electron chi connectivity index (χ4n) is 2.08. The lowest BCUT2D eigenvalue weighted by Gasteiger charge is -2.27. The first kappa shape index (κ1) is 12.4. The van der Waals surface area contributed by atoms with Crippen LogP contribution < -0.4 is 11.2 Å². The highest BCUT2D eigenvalue weighted by atomic mass is 32.1. The molecule has 0 unspecified atom stereocenters. The quantitative estimate of drug-likeness (QED) is 0.898. The van der Waals surface area contributed by atoms with E-state index in [1.165, 1.54) is 11.5 Å². The highest BCUT2D eigenvalue weighted by Crippen LogP contribution is 2.36. The summed E-state index contributed by atoms with van der Waals surface area (Å²) in [4.78, 5) is 0. The van der Waals surface area contributed by atoms with Gasteiger partial charge in [-0.25, -0.2) is 5.01 Å². The molecule has 1 aliphatic heterocycles. The van der Waals surface area contributed by atoms with Gasteiger partial charge in [-0.1, -0.05) is 30.3 Å². The summed E-state index contributed by atoms with van der Waals surface area (Å²) >= 11 is 1.40. The van der Waals surface area contributed by atoms with E-state index in [1.807, 2.05) is 30.3 Å². The van der Waals surface area contributed by atoms with Crippen LogP contribution in [0.1, 0.15) is 0 Å². The number of hydrogen-bond acceptors (Lipinski definition) is 6. The maximum absolute atomic E-state index is 5.99. The van der Waals surface area contributed by atoms with Gasteiger partial charge in [0.25, 0.3) is 0 Å². The summed E-state index contributed by atoms with van der Waals surface area (Å²) in [6.45, 7) is 3.24. The summed E-state index contributed by atoms with van der Waals surface area (Å²) in [5.74, 6) is 0.576. The Bertz CT molecular complexity index is 537. The van der Waals surface area contributed by atoms with E-state index in [9.17, 15) is 0 Å². The monoisotopic (exact) mass is 276 g/mol. The van der Waals surface area contributed by atoms with Gasteiger partial charge >= 0.3 is 0 Å². The first-order chi connectivity index (χ1) is 9.34. The molecule has 0 amide bonds. The third-order valence-electron chi connectivity index (χ3n) is 3.05. The number of morpholine rings is 1. The second-order valence-electron chi connectivity index (χ2n) is 4.35. The van der Waals surface area contributed by atoms with Crippen LogP contribution in [-0.4, -0.2) is 35.7 Å². The van der Waals surface area contributed by atoms with Crippen LogP contribution in [0.3, 0.4) is 0 Å². The van der Waals surface area contributed by atoms with Gasteiger partial charge in [-0.05, 0) is 17.1 Å². The van der Waals surface area contributed by atoms with E-state index in [0.717, 1.165) is 42.4 Å². The van der Waals surface area contributed by atoms with Crippen molar-refractivity contribution < 1.29 is 4.74 Å². The number of nitrogen functional groups attached to an aromatic ring is 1. The maximum Gasteiger partial charge on any atom is 0.147 e. The van der Waals surface area contributed by atoms with Gasteiger partial charge in [-0.15, -0.1) is 0 Å². The molecule has 1 aromatic carbocycles. The van der Waals surface area contributed by atoms with Crippen molar-refractivity contribution in [3.05, 3.63) is 30.3 Å². The van der Waals surface area contributed by atoms with Gasteiger partial charge in [0.1, 0.15) is 10.8 Å². The zero-order valence-electron chi connectivity index (χ0n) is 10.5. The van der Waals surface area contributed by atoms with Gasteiger partial charge in [0.05, 0.1) is 18.8 Å². The predicted octanol–water partition coefficient (Wildman–Crippen LogP) is 2.05. The van der Waals surface area contributed by atoms with Crippen molar-refractivity contribution in [2.24, 2.45) is 0 Å². The number of ether oxygens (including phenoxy) is 1. The molecule has 1 aliphatic rings. The zero-order valence-corrected chi connectivity index (χ0v) is 11.3. The van der Waals surface area contributed by atoms with E-state index in [2.05, 4.69) is 14.8 Å². The Balaban J connectivity index is 1.86. The van der Waals surface area contributed by atoms with E-state index in [1.54, 1.807) is 0 Å². The molecule has 0 bridgehead atoms. The van der Waals surface area contributed by atoms with Crippen molar-refractivity contribution in [1.29, 1.82) is 0 Å². The number of hydrogen-bond donors (Lipinski definition) is 2. The van der Waals surface area contributed by atoms with Crippen LogP contribution in [0.25, 0.3) is 11.1 Å². The van der Waals surface area contributed by atoms with Crippen molar-refractivity contribution in [3.8, 4) is 11.1 Å². The Morgan fingerprint density at radius 3 is 2.68 bits per heavy atom. The van der Waals surface area contributed by atoms with E-state index in [4.69, 9.17) is 10.5 Å². The normalized spacial score (nSPS) is 16.4. The maximum atomic E-state index is 5.99. The number of rotatable bonds is 3. The smallest absolute Gasteiger partial charge is 0.147 e. The van der Waals surface area contributed by atoms with Crippen molar-refractivity contribution in [1.82, 2.24) is 9.38 Å². The lowest BCUT2D eigenvalue weighted by Crippen LogP contribution is -2.40. The van der Waals surface area contributed by atoms with Crippen molar-refractivity contribution in [2.45, 2.75) is 0 Å². The molecule has 3 rings (SSSR count). The third kappa shape index (κ3) is 2.70. The minimum Gasteiger partial charge on any atom is -0.382 e. The summed E-state index contributed by atoms with van der Waals surface area (Å²) < 4.78 is 9.60. The van der Waals surface area contributed by atoms with Crippen LogP contribution >= 0.6 is 11.5 Å². The Labute approximate surface area is 116 Å². The highest BCUT2D eigenvalue weighted by molar-refractivity contribution is 7.11. The molecular weight excluding hydrogens is 260 g/mol. The summed E-state index contributed by atoms with van der Waals surface area (Å²) in [6.07, 6.45) is 0. The lowest BCUT2D eigenvalue weighted by atomic mass is 10.1. The standard InChI is InChI=1S/C13H16N4OS/c14-12-11(10-4-2-1-3-5-10)13(19-16-12)15-17-6-8-18-9-7-17/h1-5,15H,6-9H2,(H2,14,16). The Morgan fingerprint density at radius 1 is 1.21 bits per heavy atom. The second kappa shape index (κ2) is 5.56. The summed E-state index contributed by atoms with van der Waals surface area (Å²) in [6, 6.07) is 10.1. The molecule has 0 spiro atoms. The van der Waals surface area contributed by atoms with Crippen LogP contribution in [-0.2, 0) is 4.74 Å². The minimum atomic E-state index is 0.576. The number of nitrogens with one attached hydrogen (secondary N) is 1. The number of nitrogens with two attached hydrogens (primary N) is 1. The van der Waals surface area contributed by atoms with Gasteiger partial charge in [0.2, 0.25) is 0 Å². The molecule has 0 aliphatic carbocycles. The fourth-order valence-corrected chi connectivity index (χ4v) is 2.85. The van der Waals surface area contributed by atoms with Gasteiger partial charge < -0.3 is 15.9 Å². The molecular formula is C13H16N4OS. The van der Waals surface area contributed by atoms with Crippen LogP contribution in [0.15, 0.2) is 30.3 Å². The van der Waals surface area contributed by atoms with E-state index in [0.29, 0.717) is 5.82 Å². The topological polar surface area (TPSA) is 63.4 Å². The third-order valence-corrected chi connectivity index (χ3v) is 3.82. The lowest BCUT2D eigenvalue weighted by molar-refractivity contribution is 0.0499. The first-order valence-electron chi connectivity index (χ1n) is 6.24. The molecule has 0 atom stereocenters. The Morgan fingerprint density at radius 2 is 1.95 bits per heavy atom. The van der Waals surface area contributed by atoms with Crippen molar-refractivity contribution in [2.75, 3.05) is 37.5 Å². The summed E-state index contributed by atoms with van der Waals surface area (Å²) in [5.41, 5.74) is 11.5. The largest absolute Gasteiger partial charge is 0.382 e. The van der Waals surface area contributed by atoms with Crippen LogP contribution in [0, 0.1) is 0 Å². The van der Waals surface area contributed by atoms with Crippen LogP contribution in [0.5, 0.6) is 0 Å². The molecule has 1 aromatic heterocycles. The van der Waals surface area contributed by atoms with Crippen LogP contribution in [0.4, 0.5) is 10.8 Å². The second-order valence-corrected chi connectivity index (χ2v) is 5.12. The highest BCUT2D eigenvalue weighted by Gasteiger charge is 2.17. The Hall–Kier alpha value is -1.63. The van der Waals surface area contributed by atoms with Gasteiger partial charge in [0.15, 0.2) is 0 Å². The number of hydrazine groups is 1. The van der Waals surface area contributed by atoms with E-state index in [-0.39, 0.29) is 0 Å². The molecule has 2 heterocycles. The first-order valence-corrected chi connectivity index (χ1v) is 7.02. The number of benzene rings is 1. The van der Waals surface area contributed by atoms with Gasteiger partial charge in [-0.3, -0.25) is 0 Å². The molecule has 3 N–H and O–H groups in total. The average molecular weight is 276 g/mol.